The van der Waals surface area contributed by atoms with Gasteiger partial charge in [-0.05, 0) is 30.5 Å². The molecular weight excluding hydrogens is 352 g/mol. The van der Waals surface area contributed by atoms with Crippen LogP contribution in [0.5, 0.6) is 0 Å². The van der Waals surface area contributed by atoms with Gasteiger partial charge in [0, 0.05) is 12.5 Å². The minimum atomic E-state index is -0.320. The summed E-state index contributed by atoms with van der Waals surface area (Å²) in [6, 6.07) is 8.56. The fourth-order valence-electron chi connectivity index (χ4n) is 3.20. The van der Waals surface area contributed by atoms with Gasteiger partial charge < -0.3 is 10.2 Å². The molecule has 4 rings (SSSR count). The van der Waals surface area contributed by atoms with E-state index in [1.165, 1.54) is 22.2 Å². The van der Waals surface area contributed by atoms with Gasteiger partial charge in [-0.25, -0.2) is 4.98 Å². The molecular formula is C18H16N4O3S. The van der Waals surface area contributed by atoms with Gasteiger partial charge in [-0.2, -0.15) is 0 Å². The second-order valence-electron chi connectivity index (χ2n) is 6.20. The number of carbonyl (C=O) groups excluding carboxylic acids is 2. The number of anilines is 2. The number of amides is 2. The zero-order chi connectivity index (χ0) is 18.3. The molecule has 0 saturated heterocycles. The third kappa shape index (κ3) is 2.78. The van der Waals surface area contributed by atoms with E-state index in [1.54, 1.807) is 34.5 Å². The summed E-state index contributed by atoms with van der Waals surface area (Å²) in [6.07, 6.45) is 1.59. The first-order valence-electron chi connectivity index (χ1n) is 8.18. The third-order valence-corrected chi connectivity index (χ3v) is 5.20. The molecule has 8 heteroatoms. The van der Waals surface area contributed by atoms with Gasteiger partial charge in [0.15, 0.2) is 0 Å². The molecule has 0 saturated carbocycles. The molecule has 0 radical (unpaired) electrons. The second kappa shape index (κ2) is 6.38. The Morgan fingerprint density at radius 1 is 1.31 bits per heavy atom. The first-order chi connectivity index (χ1) is 12.5. The first-order valence-corrected chi connectivity index (χ1v) is 9.06. The van der Waals surface area contributed by atoms with Crippen LogP contribution >= 0.6 is 11.3 Å². The van der Waals surface area contributed by atoms with Crippen molar-refractivity contribution in [2.75, 3.05) is 10.2 Å². The third-order valence-electron chi connectivity index (χ3n) is 4.38. The fourth-order valence-corrected chi connectivity index (χ4v) is 3.92. The minimum Gasteiger partial charge on any atom is -0.324 e. The summed E-state index contributed by atoms with van der Waals surface area (Å²) in [5.74, 6) is -0.404. The van der Waals surface area contributed by atoms with Crippen molar-refractivity contribution in [3.63, 3.8) is 0 Å². The molecule has 7 nitrogen and oxygen atoms in total. The number of para-hydroxylation sites is 2. The Morgan fingerprint density at radius 2 is 2.12 bits per heavy atom. The van der Waals surface area contributed by atoms with Crippen LogP contribution in [0.3, 0.4) is 0 Å². The molecule has 1 unspecified atom stereocenters. The van der Waals surface area contributed by atoms with Crippen LogP contribution in [0.4, 0.5) is 11.4 Å². The highest BCUT2D eigenvalue weighted by Crippen LogP contribution is 2.31. The summed E-state index contributed by atoms with van der Waals surface area (Å²) in [7, 11) is 0. The summed E-state index contributed by atoms with van der Waals surface area (Å²) < 4.78 is 1.31. The van der Waals surface area contributed by atoms with Crippen molar-refractivity contribution in [3.8, 4) is 0 Å². The van der Waals surface area contributed by atoms with Crippen molar-refractivity contribution in [2.45, 2.75) is 25.9 Å². The molecule has 3 aromatic rings. The van der Waals surface area contributed by atoms with E-state index >= 15 is 0 Å². The highest BCUT2D eigenvalue weighted by atomic mass is 32.1. The standard InChI is InChI=1S/C18H16N4O3S/c1-11-8-15(23)20-13-4-2-3-5-14(13)22(11)16(24)9-21-10-19-17-12(18(21)25)6-7-26-17/h2-7,10-11H,8-9H2,1H3,(H,20,23). The molecule has 0 fully saturated rings. The quantitative estimate of drug-likeness (QED) is 0.752. The lowest BCUT2D eigenvalue weighted by atomic mass is 10.1. The highest BCUT2D eigenvalue weighted by molar-refractivity contribution is 7.16. The summed E-state index contributed by atoms with van der Waals surface area (Å²) in [5, 5.41) is 5.13. The van der Waals surface area contributed by atoms with Crippen LogP contribution in [0.15, 0.2) is 46.8 Å². The normalized spacial score (nSPS) is 16.9. The Morgan fingerprint density at radius 3 is 2.96 bits per heavy atom. The van der Waals surface area contributed by atoms with Crippen molar-refractivity contribution in [3.05, 3.63) is 52.4 Å². The number of thiophene rings is 1. The molecule has 1 atom stereocenters. The lowest BCUT2D eigenvalue weighted by Crippen LogP contribution is -2.42. The van der Waals surface area contributed by atoms with E-state index in [0.29, 0.717) is 21.6 Å². The largest absolute Gasteiger partial charge is 0.324 e. The van der Waals surface area contributed by atoms with Gasteiger partial charge in [0.05, 0.1) is 23.1 Å². The molecule has 1 aliphatic heterocycles. The number of benzene rings is 1. The smallest absolute Gasteiger partial charge is 0.262 e. The van der Waals surface area contributed by atoms with Crippen LogP contribution in [0, 0.1) is 0 Å². The monoisotopic (exact) mass is 368 g/mol. The zero-order valence-electron chi connectivity index (χ0n) is 14.0. The first kappa shape index (κ1) is 16.5. The van der Waals surface area contributed by atoms with Crippen LogP contribution in [0.2, 0.25) is 0 Å². The van der Waals surface area contributed by atoms with Crippen molar-refractivity contribution in [1.29, 1.82) is 0 Å². The van der Waals surface area contributed by atoms with Crippen LogP contribution in [-0.2, 0) is 16.1 Å². The Balaban J connectivity index is 1.71. The van der Waals surface area contributed by atoms with Gasteiger partial charge >= 0.3 is 0 Å². The van der Waals surface area contributed by atoms with Crippen molar-refractivity contribution >= 4 is 44.7 Å². The highest BCUT2D eigenvalue weighted by Gasteiger charge is 2.29. The van der Waals surface area contributed by atoms with E-state index in [-0.39, 0.29) is 36.4 Å². The lowest BCUT2D eigenvalue weighted by Gasteiger charge is -2.28. The number of hydrogen-bond acceptors (Lipinski definition) is 5. The lowest BCUT2D eigenvalue weighted by molar-refractivity contribution is -0.119. The van der Waals surface area contributed by atoms with E-state index in [9.17, 15) is 14.4 Å². The fraction of sp³-hybridized carbons (Fsp3) is 0.222. The molecule has 0 bridgehead atoms. The maximum atomic E-state index is 13.0. The summed E-state index contributed by atoms with van der Waals surface area (Å²) in [4.78, 5) is 44.1. The van der Waals surface area contributed by atoms with Crippen molar-refractivity contribution < 1.29 is 9.59 Å². The molecule has 1 aliphatic rings. The van der Waals surface area contributed by atoms with Gasteiger partial charge in [-0.1, -0.05) is 12.1 Å². The van der Waals surface area contributed by atoms with Gasteiger partial charge in [0.25, 0.3) is 5.56 Å². The Bertz CT molecular complexity index is 1070. The zero-order valence-corrected chi connectivity index (χ0v) is 14.8. The Labute approximate surface area is 152 Å². The van der Waals surface area contributed by atoms with Crippen LogP contribution in [-0.4, -0.2) is 27.4 Å². The second-order valence-corrected chi connectivity index (χ2v) is 7.09. The molecule has 2 amide bonds. The molecule has 132 valence electrons. The average molecular weight is 368 g/mol. The minimum absolute atomic E-state index is 0.134. The van der Waals surface area contributed by atoms with Crippen LogP contribution < -0.4 is 15.8 Å². The van der Waals surface area contributed by atoms with Gasteiger partial charge in [0.2, 0.25) is 11.8 Å². The number of carbonyl (C=O) groups is 2. The Kier molecular flexibility index (Phi) is 4.04. The van der Waals surface area contributed by atoms with Gasteiger partial charge in [0.1, 0.15) is 11.4 Å². The Hall–Kier alpha value is -3.00. The van der Waals surface area contributed by atoms with E-state index in [1.807, 2.05) is 13.0 Å². The molecule has 1 N–H and O–H groups in total. The molecule has 2 aromatic heterocycles. The van der Waals surface area contributed by atoms with E-state index in [2.05, 4.69) is 10.3 Å². The molecule has 3 heterocycles. The topological polar surface area (TPSA) is 84.3 Å². The van der Waals surface area contributed by atoms with E-state index < -0.39 is 0 Å². The van der Waals surface area contributed by atoms with Crippen LogP contribution in [0.25, 0.3) is 10.2 Å². The maximum Gasteiger partial charge on any atom is 0.262 e. The number of rotatable bonds is 2. The summed E-state index contributed by atoms with van der Waals surface area (Å²) in [5.41, 5.74) is 0.983. The number of hydrogen-bond donors (Lipinski definition) is 1. The maximum absolute atomic E-state index is 13.0. The van der Waals surface area contributed by atoms with E-state index in [4.69, 9.17) is 0 Å². The van der Waals surface area contributed by atoms with Crippen molar-refractivity contribution in [1.82, 2.24) is 9.55 Å². The SMILES string of the molecule is CC1CC(=O)Nc2ccccc2N1C(=O)Cn1cnc2sccc2c1=O. The average Bonchev–Trinajstić information content (AvgIpc) is 3.03. The van der Waals surface area contributed by atoms with E-state index in [0.717, 1.165) is 0 Å². The molecule has 0 aliphatic carbocycles. The summed E-state index contributed by atoms with van der Waals surface area (Å²) in [6.45, 7) is 1.69. The van der Waals surface area contributed by atoms with Crippen LogP contribution in [0.1, 0.15) is 13.3 Å². The predicted molar refractivity (Wildman–Crippen MR) is 101 cm³/mol. The summed E-state index contributed by atoms with van der Waals surface area (Å²) >= 11 is 1.39. The number of aromatic nitrogens is 2. The van der Waals surface area contributed by atoms with Gasteiger partial charge in [-0.3, -0.25) is 19.0 Å². The molecule has 1 aromatic carbocycles. The predicted octanol–water partition coefficient (Wildman–Crippen LogP) is 2.22. The molecule has 0 spiro atoms. The van der Waals surface area contributed by atoms with Crippen molar-refractivity contribution in [2.24, 2.45) is 0 Å². The number of nitrogens with one attached hydrogen (secondary N) is 1. The number of fused-ring (bicyclic) bond motifs is 2. The van der Waals surface area contributed by atoms with Gasteiger partial charge in [-0.15, -0.1) is 11.3 Å². The molecule has 26 heavy (non-hydrogen) atoms. The number of nitrogens with zero attached hydrogens (tertiary/aromatic N) is 3.